The number of aliphatic carboxylic acids is 1. The van der Waals surface area contributed by atoms with Gasteiger partial charge in [-0.1, -0.05) is 76.2 Å². The molecule has 55 heavy (non-hydrogen) atoms. The third kappa shape index (κ3) is 14.1. The normalized spacial score (nSPS) is 12.9. The van der Waals surface area contributed by atoms with Crippen molar-refractivity contribution >= 4 is 35.5 Å². The third-order valence-electron chi connectivity index (χ3n) is 9.03. The van der Waals surface area contributed by atoms with Crippen molar-refractivity contribution in [1.29, 1.82) is 0 Å². The fourth-order valence-corrected chi connectivity index (χ4v) is 6.19. The Bertz CT molecular complexity index is 1830. The van der Waals surface area contributed by atoms with Crippen LogP contribution in [0.3, 0.4) is 0 Å². The average molecular weight is 760 g/mol. The zero-order valence-electron chi connectivity index (χ0n) is 32.2. The van der Waals surface area contributed by atoms with Gasteiger partial charge < -0.3 is 41.9 Å². The summed E-state index contributed by atoms with van der Waals surface area (Å²) in [6.45, 7) is 9.96. The summed E-state index contributed by atoms with van der Waals surface area (Å²) in [6, 6.07) is 15.0. The second-order valence-corrected chi connectivity index (χ2v) is 14.8. The fourth-order valence-electron chi connectivity index (χ4n) is 6.19. The molecule has 0 saturated heterocycles. The van der Waals surface area contributed by atoms with Crippen LogP contribution in [0.1, 0.15) is 68.4 Å². The molecule has 0 aromatic heterocycles. The molecule has 0 saturated carbocycles. The van der Waals surface area contributed by atoms with Crippen molar-refractivity contribution in [3.05, 3.63) is 94.5 Å². The molecular weight excluding hydrogens is 706 g/mol. The summed E-state index contributed by atoms with van der Waals surface area (Å²) < 4.78 is 0. The zero-order chi connectivity index (χ0) is 40.9. The van der Waals surface area contributed by atoms with Crippen LogP contribution in [0.4, 0.5) is 0 Å². The molecule has 14 heteroatoms. The van der Waals surface area contributed by atoms with Gasteiger partial charge >= 0.3 is 5.97 Å². The van der Waals surface area contributed by atoms with Crippen LogP contribution in [0, 0.1) is 19.8 Å². The number of benzene rings is 3. The van der Waals surface area contributed by atoms with Crippen LogP contribution in [0.15, 0.2) is 66.7 Å². The van der Waals surface area contributed by atoms with Crippen LogP contribution in [0.5, 0.6) is 11.5 Å². The lowest BCUT2D eigenvalue weighted by atomic mass is 9.78. The second kappa shape index (κ2) is 20.0. The van der Waals surface area contributed by atoms with E-state index in [-0.39, 0.29) is 43.1 Å². The van der Waals surface area contributed by atoms with Gasteiger partial charge in [-0.3, -0.25) is 24.0 Å². The van der Waals surface area contributed by atoms with Gasteiger partial charge in [0.2, 0.25) is 29.5 Å². The summed E-state index contributed by atoms with van der Waals surface area (Å²) in [7, 11) is 0. The second-order valence-electron chi connectivity index (χ2n) is 14.8. The number of aromatic hydroxyl groups is 2. The number of hydrogen-bond acceptors (Lipinski definition) is 8. The van der Waals surface area contributed by atoms with E-state index in [0.29, 0.717) is 16.7 Å². The largest absolute Gasteiger partial charge is 0.508 e. The molecule has 5 amide bonds. The number of hydrogen-bond donors (Lipinski definition) is 8. The number of nitrogens with one attached hydrogen (secondary N) is 5. The molecule has 3 aromatic rings. The summed E-state index contributed by atoms with van der Waals surface area (Å²) in [5.41, 5.74) is 3.01. The first kappa shape index (κ1) is 43.5. The van der Waals surface area contributed by atoms with Crippen molar-refractivity contribution in [2.45, 2.75) is 90.8 Å². The van der Waals surface area contributed by atoms with Crippen molar-refractivity contribution in [2.75, 3.05) is 13.1 Å². The maximum absolute atomic E-state index is 13.4. The van der Waals surface area contributed by atoms with Gasteiger partial charge in [-0.25, -0.2) is 4.79 Å². The molecule has 0 aliphatic rings. The van der Waals surface area contributed by atoms with Crippen LogP contribution in [-0.2, 0) is 47.0 Å². The number of carbonyl (C=O) groups excluding carboxylic acids is 5. The van der Waals surface area contributed by atoms with Gasteiger partial charge in [0.15, 0.2) is 0 Å². The highest BCUT2D eigenvalue weighted by Gasteiger charge is 2.30. The Labute approximate surface area is 321 Å². The number of carboxylic acids is 1. The average Bonchev–Trinajstić information content (AvgIpc) is 3.11. The monoisotopic (exact) mass is 759 g/mol. The number of phenols is 2. The number of rotatable bonds is 19. The van der Waals surface area contributed by atoms with Gasteiger partial charge in [-0.2, -0.15) is 0 Å². The first-order valence-corrected chi connectivity index (χ1v) is 18.1. The van der Waals surface area contributed by atoms with Crippen molar-refractivity contribution in [3.8, 4) is 11.5 Å². The molecule has 0 aliphatic heterocycles. The van der Waals surface area contributed by atoms with E-state index in [1.807, 2.05) is 40.7 Å². The van der Waals surface area contributed by atoms with Crippen LogP contribution < -0.4 is 26.6 Å². The Morgan fingerprint density at radius 2 is 1.22 bits per heavy atom. The SMILES string of the molecule is Cc1cc(C)c(C(C)(C)CC(=O)N[C@@H](Cc2ccc(O)cc2)C(=O)NCC(=O)NCC(=O)N[C@@H](Cc2ccccc2)C(=O)N[C@@H](CC(C)C)C(=O)O)cc1O. The first-order valence-electron chi connectivity index (χ1n) is 18.1. The molecule has 3 aromatic carbocycles. The Kier molecular flexibility index (Phi) is 15.8. The van der Waals surface area contributed by atoms with Crippen LogP contribution in [-0.4, -0.2) is 82.0 Å². The zero-order valence-corrected chi connectivity index (χ0v) is 32.2. The smallest absolute Gasteiger partial charge is 0.326 e. The summed E-state index contributed by atoms with van der Waals surface area (Å²) in [6.07, 6.45) is 0.264. The van der Waals surface area contributed by atoms with Crippen molar-refractivity contribution < 1.29 is 44.1 Å². The van der Waals surface area contributed by atoms with E-state index in [9.17, 15) is 44.1 Å². The highest BCUT2D eigenvalue weighted by molar-refractivity contribution is 5.94. The predicted molar refractivity (Wildman–Crippen MR) is 206 cm³/mol. The molecule has 0 heterocycles. The molecule has 14 nitrogen and oxygen atoms in total. The highest BCUT2D eigenvalue weighted by atomic mass is 16.4. The molecule has 3 rings (SSSR count). The van der Waals surface area contributed by atoms with E-state index < -0.39 is 72.1 Å². The number of phenolic OH excluding ortho intramolecular Hbond substituents is 2. The highest BCUT2D eigenvalue weighted by Crippen LogP contribution is 2.34. The number of aryl methyl sites for hydroxylation is 2. The number of amides is 5. The predicted octanol–water partition coefficient (Wildman–Crippen LogP) is 2.69. The minimum absolute atomic E-state index is 0.0182. The van der Waals surface area contributed by atoms with Crippen molar-refractivity contribution in [3.63, 3.8) is 0 Å². The Hall–Kier alpha value is -5.92. The summed E-state index contributed by atoms with van der Waals surface area (Å²) in [5, 5.41) is 42.4. The molecule has 296 valence electrons. The number of carboxylic acid groups (broad SMARTS) is 1. The lowest BCUT2D eigenvalue weighted by molar-refractivity contribution is -0.142. The minimum atomic E-state index is -1.20. The quantitative estimate of drug-likeness (QED) is 0.0899. The standard InChI is InChI=1S/C41H53N5O9/c1-24(2)16-33(40(54)55)46-39(53)32(18-27-10-8-7-9-11-27)45-37(51)23-42-36(50)22-43-38(52)31(19-28-12-14-29(47)15-13-28)44-35(49)21-41(5,6)30-20-34(48)26(4)17-25(30)3/h7-15,17,20,24,31-33,47-48H,16,18-19,21-23H2,1-6H3,(H,42,50)(H,43,52)(H,44,49)(H,45,51)(H,46,53)(H,54,55)/t31-,32-,33-/m0/s1. The van der Waals surface area contributed by atoms with Crippen molar-refractivity contribution in [1.82, 2.24) is 26.6 Å². The topological polar surface area (TPSA) is 223 Å². The van der Waals surface area contributed by atoms with Crippen LogP contribution in [0.25, 0.3) is 0 Å². The molecule has 8 N–H and O–H groups in total. The molecule has 0 bridgehead atoms. The van der Waals surface area contributed by atoms with Gasteiger partial charge in [0.1, 0.15) is 29.6 Å². The van der Waals surface area contributed by atoms with Crippen LogP contribution >= 0.6 is 0 Å². The first-order chi connectivity index (χ1) is 25.8. The fraction of sp³-hybridized carbons (Fsp3) is 0.415. The molecule has 0 spiro atoms. The lowest BCUT2D eigenvalue weighted by Gasteiger charge is -2.28. The maximum atomic E-state index is 13.4. The van der Waals surface area contributed by atoms with Gasteiger partial charge in [-0.05, 0) is 77.6 Å². The minimum Gasteiger partial charge on any atom is -0.508 e. The summed E-state index contributed by atoms with van der Waals surface area (Å²) in [4.78, 5) is 77.5. The third-order valence-corrected chi connectivity index (χ3v) is 9.03. The molecule has 0 fully saturated rings. The molecule has 3 atom stereocenters. The summed E-state index contributed by atoms with van der Waals surface area (Å²) >= 11 is 0. The molecule has 0 aliphatic carbocycles. The van der Waals surface area contributed by atoms with E-state index in [2.05, 4.69) is 26.6 Å². The molecule has 0 unspecified atom stereocenters. The summed E-state index contributed by atoms with van der Waals surface area (Å²) in [5.74, 6) is -4.34. The van der Waals surface area contributed by atoms with Gasteiger partial charge in [0.05, 0.1) is 13.1 Å². The number of carbonyl (C=O) groups is 6. The van der Waals surface area contributed by atoms with Gasteiger partial charge in [0.25, 0.3) is 0 Å². The van der Waals surface area contributed by atoms with E-state index in [1.165, 1.54) is 12.1 Å². The van der Waals surface area contributed by atoms with E-state index in [4.69, 9.17) is 0 Å². The molecule has 0 radical (unpaired) electrons. The van der Waals surface area contributed by atoms with E-state index >= 15 is 0 Å². The van der Waals surface area contributed by atoms with Gasteiger partial charge in [0, 0.05) is 19.3 Å². The van der Waals surface area contributed by atoms with E-state index in [1.54, 1.807) is 55.5 Å². The van der Waals surface area contributed by atoms with Crippen molar-refractivity contribution in [2.24, 2.45) is 5.92 Å². The Morgan fingerprint density at radius 1 is 0.655 bits per heavy atom. The van der Waals surface area contributed by atoms with E-state index in [0.717, 1.165) is 11.1 Å². The Balaban J connectivity index is 1.64. The molecular formula is C41H53N5O9. The van der Waals surface area contributed by atoms with Gasteiger partial charge in [-0.15, -0.1) is 0 Å². The Morgan fingerprint density at radius 3 is 1.82 bits per heavy atom. The maximum Gasteiger partial charge on any atom is 0.326 e. The van der Waals surface area contributed by atoms with Crippen LogP contribution in [0.2, 0.25) is 0 Å². The lowest BCUT2D eigenvalue weighted by Crippen LogP contribution is -2.54.